The Morgan fingerprint density at radius 3 is 2.82 bits per heavy atom. The van der Waals surface area contributed by atoms with E-state index >= 15 is 0 Å². The number of hydrogen-bond donors (Lipinski definition) is 2. The van der Waals surface area contributed by atoms with E-state index in [4.69, 9.17) is 10.8 Å². The van der Waals surface area contributed by atoms with E-state index in [2.05, 4.69) is 15.2 Å². The zero-order valence-electron chi connectivity index (χ0n) is 8.75. The van der Waals surface area contributed by atoms with Crippen molar-refractivity contribution in [1.29, 1.82) is 0 Å². The van der Waals surface area contributed by atoms with Gasteiger partial charge in [0.1, 0.15) is 15.7 Å². The second-order valence-electron chi connectivity index (χ2n) is 3.09. The van der Waals surface area contributed by atoms with Gasteiger partial charge in [0.15, 0.2) is 4.34 Å². The number of nitrogens with zero attached hydrogens (tertiary/aromatic N) is 3. The van der Waals surface area contributed by atoms with Gasteiger partial charge in [0, 0.05) is 0 Å². The molecule has 0 fully saturated rings. The van der Waals surface area contributed by atoms with E-state index in [1.54, 1.807) is 0 Å². The van der Waals surface area contributed by atoms with Crippen LogP contribution in [0.2, 0.25) is 0 Å². The van der Waals surface area contributed by atoms with Gasteiger partial charge in [-0.3, -0.25) is 0 Å². The highest BCUT2D eigenvalue weighted by atomic mass is 32.2. The average Bonchev–Trinajstić information content (AvgIpc) is 2.67. The molecule has 0 bridgehead atoms. The van der Waals surface area contributed by atoms with Crippen molar-refractivity contribution in [2.24, 2.45) is 0 Å². The fourth-order valence-corrected chi connectivity index (χ4v) is 2.81. The average molecular weight is 268 g/mol. The molecule has 2 aromatic rings. The van der Waals surface area contributed by atoms with Gasteiger partial charge in [-0.15, -0.1) is 10.2 Å². The number of aryl methyl sites for hydroxylation is 1. The molecule has 0 aliphatic rings. The maximum atomic E-state index is 10.8. The molecule has 2 heterocycles. The molecule has 0 saturated heterocycles. The van der Waals surface area contributed by atoms with Gasteiger partial charge in [-0.2, -0.15) is 0 Å². The predicted molar refractivity (Wildman–Crippen MR) is 64.4 cm³/mol. The van der Waals surface area contributed by atoms with E-state index < -0.39 is 5.97 Å². The molecule has 88 valence electrons. The van der Waals surface area contributed by atoms with Crippen LogP contribution in [0.15, 0.2) is 21.5 Å². The van der Waals surface area contributed by atoms with E-state index in [1.807, 2.05) is 6.92 Å². The molecular formula is C9H8N4O2S2. The summed E-state index contributed by atoms with van der Waals surface area (Å²) in [7, 11) is 0. The number of pyridine rings is 1. The molecule has 0 unspecified atom stereocenters. The van der Waals surface area contributed by atoms with E-state index in [1.165, 1.54) is 35.2 Å². The molecule has 2 aromatic heterocycles. The number of aromatic nitrogens is 3. The number of carboxylic acids is 1. The smallest absolute Gasteiger partial charge is 0.354 e. The summed E-state index contributed by atoms with van der Waals surface area (Å²) in [6.45, 7) is 1.84. The first-order valence-corrected chi connectivity index (χ1v) is 6.17. The van der Waals surface area contributed by atoms with Gasteiger partial charge in [-0.25, -0.2) is 9.78 Å². The number of aromatic carboxylic acids is 1. The van der Waals surface area contributed by atoms with Crippen molar-refractivity contribution < 1.29 is 9.90 Å². The Hall–Kier alpha value is -1.67. The summed E-state index contributed by atoms with van der Waals surface area (Å²) < 4.78 is 0.684. The Bertz CT molecular complexity index is 570. The molecule has 8 heteroatoms. The zero-order chi connectivity index (χ0) is 12.4. The van der Waals surface area contributed by atoms with Crippen LogP contribution in [-0.4, -0.2) is 26.3 Å². The second kappa shape index (κ2) is 4.68. The molecule has 0 aliphatic heterocycles. The predicted octanol–water partition coefficient (Wildman–Crippen LogP) is 1.67. The maximum Gasteiger partial charge on any atom is 0.354 e. The molecule has 0 radical (unpaired) electrons. The monoisotopic (exact) mass is 268 g/mol. The van der Waals surface area contributed by atoms with E-state index in [9.17, 15) is 4.79 Å². The molecule has 0 atom stereocenters. The third-order valence-electron chi connectivity index (χ3n) is 1.80. The van der Waals surface area contributed by atoms with Crippen molar-refractivity contribution in [3.05, 3.63) is 22.8 Å². The molecule has 2 rings (SSSR count). The highest BCUT2D eigenvalue weighted by Gasteiger charge is 2.12. The van der Waals surface area contributed by atoms with Crippen molar-refractivity contribution in [3.8, 4) is 0 Å². The maximum absolute atomic E-state index is 10.8. The van der Waals surface area contributed by atoms with Crippen LogP contribution in [0.4, 0.5) is 5.69 Å². The van der Waals surface area contributed by atoms with Crippen LogP contribution in [-0.2, 0) is 0 Å². The van der Waals surface area contributed by atoms with Crippen LogP contribution in [0.5, 0.6) is 0 Å². The standard InChI is InChI=1S/C9H8N4O2S2/c1-4-12-13-9(16-4)17-7-5(10)2-3-6(11-7)8(14)15/h2-3H,10H2,1H3,(H,14,15). The summed E-state index contributed by atoms with van der Waals surface area (Å²) >= 11 is 2.62. The lowest BCUT2D eigenvalue weighted by Gasteiger charge is -2.02. The molecule has 0 amide bonds. The SMILES string of the molecule is Cc1nnc(Sc2nc(C(=O)O)ccc2N)s1. The van der Waals surface area contributed by atoms with Gasteiger partial charge in [0.2, 0.25) is 0 Å². The number of nitrogen functional groups attached to an aromatic ring is 1. The minimum atomic E-state index is -1.08. The van der Waals surface area contributed by atoms with Gasteiger partial charge >= 0.3 is 5.97 Å². The number of carbonyl (C=O) groups is 1. The lowest BCUT2D eigenvalue weighted by atomic mass is 10.3. The van der Waals surface area contributed by atoms with Crippen LogP contribution < -0.4 is 5.73 Å². The Balaban J connectivity index is 2.31. The third-order valence-corrected chi connectivity index (χ3v) is 3.71. The molecule has 3 N–H and O–H groups in total. The summed E-state index contributed by atoms with van der Waals surface area (Å²) in [6, 6.07) is 2.89. The van der Waals surface area contributed by atoms with E-state index in [0.29, 0.717) is 15.1 Å². The van der Waals surface area contributed by atoms with Gasteiger partial charge in [-0.05, 0) is 30.8 Å². The summed E-state index contributed by atoms with van der Waals surface area (Å²) in [4.78, 5) is 14.7. The summed E-state index contributed by atoms with van der Waals surface area (Å²) in [5, 5.41) is 17.9. The Kier molecular flexibility index (Phi) is 3.25. The number of anilines is 1. The molecular weight excluding hydrogens is 260 g/mol. The summed E-state index contributed by atoms with van der Waals surface area (Å²) in [6.07, 6.45) is 0. The van der Waals surface area contributed by atoms with Crippen molar-refractivity contribution in [2.75, 3.05) is 5.73 Å². The minimum Gasteiger partial charge on any atom is -0.477 e. The first-order chi connectivity index (χ1) is 8.06. The van der Waals surface area contributed by atoms with Crippen LogP contribution in [0.3, 0.4) is 0 Å². The highest BCUT2D eigenvalue weighted by molar-refractivity contribution is 8.01. The zero-order valence-corrected chi connectivity index (χ0v) is 10.4. The Morgan fingerprint density at radius 1 is 1.47 bits per heavy atom. The molecule has 0 spiro atoms. The van der Waals surface area contributed by atoms with Crippen LogP contribution in [0, 0.1) is 6.92 Å². The van der Waals surface area contributed by atoms with E-state index in [-0.39, 0.29) is 5.69 Å². The van der Waals surface area contributed by atoms with Crippen LogP contribution in [0.25, 0.3) is 0 Å². The minimum absolute atomic E-state index is 0.0389. The van der Waals surface area contributed by atoms with Crippen molar-refractivity contribution in [2.45, 2.75) is 16.3 Å². The summed E-state index contributed by atoms with van der Waals surface area (Å²) in [5.74, 6) is -1.08. The van der Waals surface area contributed by atoms with Crippen molar-refractivity contribution in [3.63, 3.8) is 0 Å². The molecule has 6 nitrogen and oxygen atoms in total. The topological polar surface area (TPSA) is 102 Å². The fourth-order valence-electron chi connectivity index (χ4n) is 1.05. The number of carboxylic acid groups (broad SMARTS) is 1. The molecule has 0 aromatic carbocycles. The van der Waals surface area contributed by atoms with Crippen molar-refractivity contribution >= 4 is 34.8 Å². The van der Waals surface area contributed by atoms with Gasteiger partial charge < -0.3 is 10.8 Å². The lowest BCUT2D eigenvalue weighted by Crippen LogP contribution is -2.02. The first kappa shape index (κ1) is 11.8. The van der Waals surface area contributed by atoms with Crippen LogP contribution >= 0.6 is 23.1 Å². The normalized spacial score (nSPS) is 10.4. The van der Waals surface area contributed by atoms with E-state index in [0.717, 1.165) is 5.01 Å². The fraction of sp³-hybridized carbons (Fsp3) is 0.111. The van der Waals surface area contributed by atoms with Crippen molar-refractivity contribution in [1.82, 2.24) is 15.2 Å². The quantitative estimate of drug-likeness (QED) is 0.872. The Morgan fingerprint density at radius 2 is 2.24 bits per heavy atom. The largest absolute Gasteiger partial charge is 0.477 e. The molecule has 0 saturated carbocycles. The lowest BCUT2D eigenvalue weighted by molar-refractivity contribution is 0.0690. The van der Waals surface area contributed by atoms with Gasteiger partial charge in [0.25, 0.3) is 0 Å². The number of rotatable bonds is 3. The molecule has 0 aliphatic carbocycles. The van der Waals surface area contributed by atoms with Gasteiger partial charge in [-0.1, -0.05) is 11.3 Å². The Labute approximate surface area is 105 Å². The number of nitrogens with two attached hydrogens (primary N) is 1. The summed E-state index contributed by atoms with van der Waals surface area (Å²) in [5.41, 5.74) is 6.11. The molecule has 17 heavy (non-hydrogen) atoms. The second-order valence-corrected chi connectivity index (χ2v) is 5.50. The highest BCUT2D eigenvalue weighted by Crippen LogP contribution is 2.32. The van der Waals surface area contributed by atoms with Gasteiger partial charge in [0.05, 0.1) is 5.69 Å². The first-order valence-electron chi connectivity index (χ1n) is 4.54. The number of hydrogen-bond acceptors (Lipinski definition) is 7. The van der Waals surface area contributed by atoms with Crippen LogP contribution in [0.1, 0.15) is 15.5 Å². The third kappa shape index (κ3) is 2.71.